The highest BCUT2D eigenvalue weighted by Gasteiger charge is 2.24. The summed E-state index contributed by atoms with van der Waals surface area (Å²) < 4.78 is 15.6. The Morgan fingerprint density at radius 3 is 2.35 bits per heavy atom. The van der Waals surface area contributed by atoms with E-state index in [0.29, 0.717) is 37.2 Å². The fraction of sp³-hybridized carbons (Fsp3) is 0.524. The molecule has 1 unspecified atom stereocenters. The number of esters is 1. The van der Waals surface area contributed by atoms with Crippen molar-refractivity contribution in [2.24, 2.45) is 0 Å². The normalized spacial score (nSPS) is 15.1. The van der Waals surface area contributed by atoms with Gasteiger partial charge in [0.2, 0.25) is 5.91 Å². The van der Waals surface area contributed by atoms with Crippen molar-refractivity contribution in [3.8, 4) is 5.75 Å². The molecule has 0 aliphatic carbocycles. The Kier molecular flexibility index (Phi) is 9.26. The van der Waals surface area contributed by atoms with Crippen LogP contribution >= 0.6 is 0 Å². The van der Waals surface area contributed by atoms with Gasteiger partial charge in [-0.1, -0.05) is 0 Å². The van der Waals surface area contributed by atoms with Crippen molar-refractivity contribution in [2.75, 3.05) is 32.9 Å². The SMILES string of the molecule is CCOC(=O)COc1ccc(C(=O)C(C)NC(=O)COC2CCN(C(=O)O)CC2)cc1. The molecule has 1 fully saturated rings. The molecule has 0 saturated carbocycles. The largest absolute Gasteiger partial charge is 0.482 e. The van der Waals surface area contributed by atoms with Gasteiger partial charge in [-0.2, -0.15) is 0 Å². The zero-order chi connectivity index (χ0) is 22.8. The molecular weight excluding hydrogens is 408 g/mol. The summed E-state index contributed by atoms with van der Waals surface area (Å²) in [6.45, 7) is 3.88. The van der Waals surface area contributed by atoms with Gasteiger partial charge in [0.1, 0.15) is 12.4 Å². The van der Waals surface area contributed by atoms with Gasteiger partial charge in [0, 0.05) is 18.7 Å². The number of likely N-dealkylation sites (tertiary alicyclic amines) is 1. The van der Waals surface area contributed by atoms with E-state index in [0.717, 1.165) is 0 Å². The van der Waals surface area contributed by atoms with Crippen LogP contribution < -0.4 is 10.1 Å². The van der Waals surface area contributed by atoms with E-state index in [4.69, 9.17) is 19.3 Å². The molecular formula is C21H28N2O8. The van der Waals surface area contributed by atoms with E-state index in [9.17, 15) is 19.2 Å². The highest BCUT2D eigenvalue weighted by molar-refractivity contribution is 6.01. The van der Waals surface area contributed by atoms with Crippen LogP contribution in [-0.4, -0.2) is 78.8 Å². The van der Waals surface area contributed by atoms with E-state index in [1.807, 2.05) is 0 Å². The number of nitrogens with zero attached hydrogens (tertiary/aromatic N) is 1. The van der Waals surface area contributed by atoms with E-state index in [2.05, 4.69) is 5.32 Å². The van der Waals surface area contributed by atoms with Gasteiger partial charge in [-0.3, -0.25) is 9.59 Å². The maximum atomic E-state index is 12.5. The monoisotopic (exact) mass is 436 g/mol. The number of ketones is 1. The smallest absolute Gasteiger partial charge is 0.407 e. The van der Waals surface area contributed by atoms with Crippen LogP contribution in [0, 0.1) is 0 Å². The van der Waals surface area contributed by atoms with Crippen LogP contribution in [0.15, 0.2) is 24.3 Å². The second-order valence-corrected chi connectivity index (χ2v) is 7.05. The molecule has 10 nitrogen and oxygen atoms in total. The molecule has 0 radical (unpaired) electrons. The van der Waals surface area contributed by atoms with Crippen molar-refractivity contribution in [3.63, 3.8) is 0 Å². The molecule has 1 aliphatic rings. The molecule has 2 N–H and O–H groups in total. The predicted octanol–water partition coefficient (Wildman–Crippen LogP) is 1.47. The molecule has 1 atom stereocenters. The van der Waals surface area contributed by atoms with Crippen molar-refractivity contribution < 1.29 is 38.5 Å². The first-order valence-electron chi connectivity index (χ1n) is 10.1. The number of carbonyl (C=O) groups is 4. The zero-order valence-corrected chi connectivity index (χ0v) is 17.7. The summed E-state index contributed by atoms with van der Waals surface area (Å²) >= 11 is 0. The maximum Gasteiger partial charge on any atom is 0.407 e. The maximum absolute atomic E-state index is 12.5. The van der Waals surface area contributed by atoms with Crippen LogP contribution in [0.1, 0.15) is 37.0 Å². The minimum atomic E-state index is -0.956. The first-order valence-corrected chi connectivity index (χ1v) is 10.1. The quantitative estimate of drug-likeness (QED) is 0.416. The van der Waals surface area contributed by atoms with Gasteiger partial charge in [0.15, 0.2) is 12.4 Å². The van der Waals surface area contributed by atoms with E-state index in [1.54, 1.807) is 38.1 Å². The number of Topliss-reactive ketones (excluding diaryl/α,β-unsaturated/α-hetero) is 1. The Bertz CT molecular complexity index is 772. The third-order valence-electron chi connectivity index (χ3n) is 4.73. The molecule has 2 rings (SSSR count). The van der Waals surface area contributed by atoms with E-state index < -0.39 is 24.0 Å². The molecule has 0 bridgehead atoms. The minimum Gasteiger partial charge on any atom is -0.482 e. The molecule has 1 aromatic carbocycles. The van der Waals surface area contributed by atoms with E-state index in [1.165, 1.54) is 4.90 Å². The summed E-state index contributed by atoms with van der Waals surface area (Å²) in [6, 6.07) is 5.48. The van der Waals surface area contributed by atoms with Crippen molar-refractivity contribution >= 4 is 23.8 Å². The lowest BCUT2D eigenvalue weighted by Crippen LogP contribution is -2.43. The van der Waals surface area contributed by atoms with Gasteiger partial charge in [0.05, 0.1) is 18.8 Å². The summed E-state index contributed by atoms with van der Waals surface area (Å²) in [7, 11) is 0. The number of hydrogen-bond donors (Lipinski definition) is 2. The van der Waals surface area contributed by atoms with Crippen LogP contribution in [0.25, 0.3) is 0 Å². The Labute approximate surface area is 180 Å². The first-order chi connectivity index (χ1) is 14.8. The third kappa shape index (κ3) is 7.89. The number of carbonyl (C=O) groups excluding carboxylic acids is 3. The van der Waals surface area contributed by atoms with Crippen molar-refractivity contribution in [2.45, 2.75) is 38.8 Å². The second-order valence-electron chi connectivity index (χ2n) is 7.05. The second kappa shape index (κ2) is 11.9. The third-order valence-corrected chi connectivity index (χ3v) is 4.73. The number of piperidine rings is 1. The molecule has 31 heavy (non-hydrogen) atoms. The molecule has 1 aromatic rings. The zero-order valence-electron chi connectivity index (χ0n) is 17.7. The summed E-state index contributed by atoms with van der Waals surface area (Å²) in [5.74, 6) is -0.756. The topological polar surface area (TPSA) is 131 Å². The van der Waals surface area contributed by atoms with Gasteiger partial charge in [0.25, 0.3) is 0 Å². The standard InChI is InChI=1S/C21H28N2O8/c1-3-29-19(25)13-31-16-6-4-15(5-7-16)20(26)14(2)22-18(24)12-30-17-8-10-23(11-9-17)21(27)28/h4-7,14,17H,3,8-13H2,1-2H3,(H,22,24)(H,27,28). The Balaban J connectivity index is 1.74. The van der Waals surface area contributed by atoms with Crippen LogP contribution in [0.5, 0.6) is 5.75 Å². The number of carboxylic acid groups (broad SMARTS) is 1. The molecule has 2 amide bonds. The number of hydrogen-bond acceptors (Lipinski definition) is 7. The summed E-state index contributed by atoms with van der Waals surface area (Å²) in [6.07, 6.45) is -0.0891. The van der Waals surface area contributed by atoms with Crippen LogP contribution in [0.3, 0.4) is 0 Å². The highest BCUT2D eigenvalue weighted by atomic mass is 16.6. The highest BCUT2D eigenvalue weighted by Crippen LogP contribution is 2.15. The number of benzene rings is 1. The lowest BCUT2D eigenvalue weighted by molar-refractivity contribution is -0.145. The lowest BCUT2D eigenvalue weighted by Gasteiger charge is -2.29. The summed E-state index contributed by atoms with van der Waals surface area (Å²) in [4.78, 5) is 48.1. The molecule has 0 aromatic heterocycles. The van der Waals surface area contributed by atoms with Crippen molar-refractivity contribution in [1.82, 2.24) is 10.2 Å². The van der Waals surface area contributed by atoms with Crippen LogP contribution in [0.2, 0.25) is 0 Å². The fourth-order valence-electron chi connectivity index (χ4n) is 3.07. The lowest BCUT2D eigenvalue weighted by atomic mass is 10.1. The molecule has 0 spiro atoms. The molecule has 1 saturated heterocycles. The molecule has 1 heterocycles. The molecule has 170 valence electrons. The molecule has 10 heteroatoms. The number of rotatable bonds is 10. The van der Waals surface area contributed by atoms with Crippen molar-refractivity contribution in [1.29, 1.82) is 0 Å². The number of nitrogens with one attached hydrogen (secondary N) is 1. The van der Waals surface area contributed by atoms with Gasteiger partial charge < -0.3 is 29.5 Å². The van der Waals surface area contributed by atoms with E-state index >= 15 is 0 Å². The van der Waals surface area contributed by atoms with E-state index in [-0.39, 0.29) is 31.7 Å². The Morgan fingerprint density at radius 2 is 1.77 bits per heavy atom. The molecule has 1 aliphatic heterocycles. The first kappa shape index (κ1) is 24.1. The summed E-state index contributed by atoms with van der Waals surface area (Å²) in [5.41, 5.74) is 0.387. The van der Waals surface area contributed by atoms with Gasteiger partial charge in [-0.15, -0.1) is 0 Å². The van der Waals surface area contributed by atoms with Crippen LogP contribution in [-0.2, 0) is 19.1 Å². The van der Waals surface area contributed by atoms with Gasteiger partial charge in [-0.25, -0.2) is 9.59 Å². The Hall–Kier alpha value is -3.14. The Morgan fingerprint density at radius 1 is 1.13 bits per heavy atom. The average Bonchev–Trinajstić information content (AvgIpc) is 2.76. The van der Waals surface area contributed by atoms with Crippen LogP contribution in [0.4, 0.5) is 4.79 Å². The van der Waals surface area contributed by atoms with Gasteiger partial charge >= 0.3 is 12.1 Å². The predicted molar refractivity (Wildman–Crippen MR) is 109 cm³/mol. The minimum absolute atomic E-state index is 0.186. The number of amides is 2. The average molecular weight is 436 g/mol. The number of ether oxygens (including phenoxy) is 3. The summed E-state index contributed by atoms with van der Waals surface area (Å²) in [5, 5.41) is 11.5. The van der Waals surface area contributed by atoms with Gasteiger partial charge in [-0.05, 0) is 51.0 Å². The van der Waals surface area contributed by atoms with Crippen molar-refractivity contribution in [3.05, 3.63) is 29.8 Å². The fourth-order valence-corrected chi connectivity index (χ4v) is 3.07.